The Morgan fingerprint density at radius 3 is 2.32 bits per heavy atom. The number of nitrogens with zero attached hydrogens (tertiary/aromatic N) is 3. The molecule has 2 aromatic carbocycles. The van der Waals surface area contributed by atoms with Crippen LogP contribution in [0.2, 0.25) is 0 Å². The van der Waals surface area contributed by atoms with Crippen molar-refractivity contribution in [1.29, 1.82) is 0 Å². The lowest BCUT2D eigenvalue weighted by molar-refractivity contribution is -0.111. The molecular formula is C24H26N4O5S. The fraction of sp³-hybridized carbons (Fsp3) is 0.250. The van der Waals surface area contributed by atoms with E-state index in [4.69, 9.17) is 4.74 Å². The van der Waals surface area contributed by atoms with Crippen LogP contribution < -0.4 is 10.9 Å². The third-order valence-corrected chi connectivity index (χ3v) is 7.63. The molecule has 9 nitrogen and oxygen atoms in total. The number of ether oxygens (including phenoxy) is 1. The van der Waals surface area contributed by atoms with E-state index < -0.39 is 15.9 Å². The lowest BCUT2D eigenvalue weighted by Gasteiger charge is -2.26. The third kappa shape index (κ3) is 4.74. The Hall–Kier alpha value is -3.47. The fourth-order valence-electron chi connectivity index (χ4n) is 3.74. The number of carbonyl (C=O) groups is 1. The highest BCUT2D eigenvalue weighted by atomic mass is 32.2. The summed E-state index contributed by atoms with van der Waals surface area (Å²) in [5.41, 5.74) is 1.84. The van der Waals surface area contributed by atoms with Crippen LogP contribution in [0.3, 0.4) is 0 Å². The summed E-state index contributed by atoms with van der Waals surface area (Å²) in [6.07, 6.45) is 2.87. The van der Waals surface area contributed by atoms with Crippen molar-refractivity contribution in [3.63, 3.8) is 0 Å². The smallest absolute Gasteiger partial charge is 0.295 e. The molecule has 1 aromatic heterocycles. The van der Waals surface area contributed by atoms with Gasteiger partial charge in [-0.15, -0.1) is 0 Å². The highest BCUT2D eigenvalue weighted by molar-refractivity contribution is 7.89. The van der Waals surface area contributed by atoms with Gasteiger partial charge in [-0.1, -0.05) is 30.3 Å². The summed E-state index contributed by atoms with van der Waals surface area (Å²) in [5, 5.41) is 2.66. The minimum Gasteiger partial charge on any atom is -0.379 e. The van der Waals surface area contributed by atoms with Crippen molar-refractivity contribution >= 4 is 27.7 Å². The van der Waals surface area contributed by atoms with Gasteiger partial charge < -0.3 is 10.1 Å². The zero-order chi connectivity index (χ0) is 24.3. The zero-order valence-corrected chi connectivity index (χ0v) is 19.8. The van der Waals surface area contributed by atoms with Crippen LogP contribution >= 0.6 is 0 Å². The van der Waals surface area contributed by atoms with Crippen LogP contribution in [0.4, 0.5) is 5.69 Å². The first-order valence-corrected chi connectivity index (χ1v) is 12.2. The van der Waals surface area contributed by atoms with Gasteiger partial charge in [-0.3, -0.25) is 14.3 Å². The van der Waals surface area contributed by atoms with E-state index in [1.807, 2.05) is 30.3 Å². The average molecular weight is 483 g/mol. The standard InChI is InChI=1S/C24H26N4O5S/c1-18-23(24(30)28(26(18)2)20-6-4-3-5-7-20)25-22(29)13-10-19-8-11-21(12-9-19)34(31,32)27-14-16-33-17-15-27/h3-13H,14-17H2,1-2H3,(H,25,29)/b13-10+. The van der Waals surface area contributed by atoms with E-state index in [-0.39, 0.29) is 16.1 Å². The molecule has 2 heterocycles. The summed E-state index contributed by atoms with van der Waals surface area (Å²) in [6, 6.07) is 15.5. The number of morpholine rings is 1. The van der Waals surface area contributed by atoms with Crippen LogP contribution in [0.15, 0.2) is 70.4 Å². The van der Waals surface area contributed by atoms with E-state index in [2.05, 4.69) is 5.32 Å². The molecule has 3 aromatic rings. The van der Waals surface area contributed by atoms with E-state index in [1.165, 1.54) is 27.2 Å². The van der Waals surface area contributed by atoms with E-state index in [1.54, 1.807) is 36.9 Å². The van der Waals surface area contributed by atoms with Gasteiger partial charge >= 0.3 is 0 Å². The Balaban J connectivity index is 1.47. The van der Waals surface area contributed by atoms with Crippen LogP contribution in [-0.2, 0) is 26.6 Å². The van der Waals surface area contributed by atoms with E-state index in [0.717, 1.165) is 0 Å². The largest absolute Gasteiger partial charge is 0.379 e. The van der Waals surface area contributed by atoms with Crippen molar-refractivity contribution in [2.45, 2.75) is 11.8 Å². The molecule has 1 aliphatic rings. The third-order valence-electron chi connectivity index (χ3n) is 5.72. The highest BCUT2D eigenvalue weighted by Crippen LogP contribution is 2.18. The van der Waals surface area contributed by atoms with Crippen molar-refractivity contribution in [3.05, 3.63) is 82.3 Å². The number of hydrogen-bond acceptors (Lipinski definition) is 5. The quantitative estimate of drug-likeness (QED) is 0.543. The van der Waals surface area contributed by atoms with E-state index >= 15 is 0 Å². The SMILES string of the molecule is Cc1c(NC(=O)/C=C/c2ccc(S(=O)(=O)N3CCOCC3)cc2)c(=O)n(-c2ccccc2)n1C. The number of aromatic nitrogens is 2. The van der Waals surface area contributed by atoms with Gasteiger partial charge in [0.05, 0.1) is 29.5 Å². The van der Waals surface area contributed by atoms with Crippen molar-refractivity contribution in [2.75, 3.05) is 31.6 Å². The van der Waals surface area contributed by atoms with Gasteiger partial charge in [0.25, 0.3) is 5.56 Å². The van der Waals surface area contributed by atoms with Crippen LogP contribution in [0.1, 0.15) is 11.3 Å². The summed E-state index contributed by atoms with van der Waals surface area (Å²) in [7, 11) is -1.82. The first-order valence-electron chi connectivity index (χ1n) is 10.8. The Morgan fingerprint density at radius 1 is 1.03 bits per heavy atom. The summed E-state index contributed by atoms with van der Waals surface area (Å²) in [5.74, 6) is -0.462. The molecule has 0 spiro atoms. The maximum Gasteiger partial charge on any atom is 0.295 e. The molecule has 1 fully saturated rings. The molecule has 0 aliphatic carbocycles. The number of anilines is 1. The average Bonchev–Trinajstić information content (AvgIpc) is 3.07. The lowest BCUT2D eigenvalue weighted by atomic mass is 10.2. The number of carbonyl (C=O) groups excluding carboxylic acids is 1. The Labute approximate surface area is 197 Å². The fourth-order valence-corrected chi connectivity index (χ4v) is 5.14. The maximum absolute atomic E-state index is 12.9. The van der Waals surface area contributed by atoms with Crippen molar-refractivity contribution in [3.8, 4) is 5.69 Å². The minimum absolute atomic E-state index is 0.192. The number of sulfonamides is 1. The second-order valence-corrected chi connectivity index (χ2v) is 9.78. The summed E-state index contributed by atoms with van der Waals surface area (Å²) < 4.78 is 35.2. The zero-order valence-electron chi connectivity index (χ0n) is 19.0. The van der Waals surface area contributed by atoms with Gasteiger partial charge in [-0.2, -0.15) is 4.31 Å². The maximum atomic E-state index is 12.9. The molecule has 0 saturated carbocycles. The monoisotopic (exact) mass is 482 g/mol. The van der Waals surface area contributed by atoms with Gasteiger partial charge in [0.15, 0.2) is 0 Å². The molecule has 1 saturated heterocycles. The molecule has 4 rings (SSSR count). The normalized spacial score (nSPS) is 15.0. The van der Waals surface area contributed by atoms with E-state index in [9.17, 15) is 18.0 Å². The Morgan fingerprint density at radius 2 is 1.68 bits per heavy atom. The summed E-state index contributed by atoms with van der Waals surface area (Å²) in [4.78, 5) is 25.6. The van der Waals surface area contributed by atoms with E-state index in [0.29, 0.717) is 43.2 Å². The summed E-state index contributed by atoms with van der Waals surface area (Å²) >= 11 is 0. The molecule has 178 valence electrons. The number of rotatable bonds is 6. The first-order chi connectivity index (χ1) is 16.3. The highest BCUT2D eigenvalue weighted by Gasteiger charge is 2.26. The second-order valence-electron chi connectivity index (χ2n) is 7.84. The van der Waals surface area contributed by atoms with Crippen molar-refractivity contribution in [2.24, 2.45) is 7.05 Å². The number of para-hydroxylation sites is 1. The van der Waals surface area contributed by atoms with Crippen molar-refractivity contribution < 1.29 is 17.9 Å². The molecule has 0 unspecified atom stereocenters. The predicted molar refractivity (Wildman–Crippen MR) is 129 cm³/mol. The number of benzene rings is 2. The number of hydrogen-bond donors (Lipinski definition) is 1. The van der Waals surface area contributed by atoms with Gasteiger partial charge in [-0.05, 0) is 42.8 Å². The van der Waals surface area contributed by atoms with Crippen molar-refractivity contribution in [1.82, 2.24) is 13.7 Å². The summed E-state index contributed by atoms with van der Waals surface area (Å²) in [6.45, 7) is 3.18. The first kappa shape index (κ1) is 23.7. The lowest BCUT2D eigenvalue weighted by Crippen LogP contribution is -2.40. The van der Waals surface area contributed by atoms with Crippen LogP contribution in [0.25, 0.3) is 11.8 Å². The molecule has 0 radical (unpaired) electrons. The van der Waals surface area contributed by atoms with Crippen LogP contribution in [0.5, 0.6) is 0 Å². The number of nitrogens with one attached hydrogen (secondary N) is 1. The van der Waals surface area contributed by atoms with Gasteiger partial charge in [-0.25, -0.2) is 13.1 Å². The topological polar surface area (TPSA) is 103 Å². The predicted octanol–water partition coefficient (Wildman–Crippen LogP) is 2.16. The Kier molecular flexibility index (Phi) is 6.82. The molecular weight excluding hydrogens is 456 g/mol. The van der Waals surface area contributed by atoms with Gasteiger partial charge in [0.1, 0.15) is 5.69 Å². The Bertz CT molecular complexity index is 1370. The molecule has 34 heavy (non-hydrogen) atoms. The second kappa shape index (κ2) is 9.80. The van der Waals surface area contributed by atoms with Crippen LogP contribution in [-0.4, -0.2) is 54.3 Å². The van der Waals surface area contributed by atoms with Crippen LogP contribution in [0, 0.1) is 6.92 Å². The molecule has 10 heteroatoms. The molecule has 0 bridgehead atoms. The number of amides is 1. The molecule has 1 N–H and O–H groups in total. The van der Waals surface area contributed by atoms with Gasteiger partial charge in [0, 0.05) is 26.2 Å². The molecule has 1 aliphatic heterocycles. The van der Waals surface area contributed by atoms with Gasteiger partial charge in [0.2, 0.25) is 15.9 Å². The molecule has 0 atom stereocenters. The molecule has 1 amide bonds. The minimum atomic E-state index is -3.57.